The molecule has 2 aromatic carbocycles. The number of amides is 2. The SMILES string of the molecule is Cc1cccc(C)c1N1C[C@H](C(=O)Nc2cc(C(F)(F)F)ccc2Cl)CC1=O. The lowest BCUT2D eigenvalue weighted by atomic mass is 10.1. The number of carbonyl (C=O) groups excluding carboxylic acids is 2. The fourth-order valence-electron chi connectivity index (χ4n) is 3.36. The Balaban J connectivity index is 1.79. The molecule has 3 rings (SSSR count). The van der Waals surface area contributed by atoms with Gasteiger partial charge in [0.1, 0.15) is 0 Å². The number of aryl methyl sites for hydroxylation is 2. The van der Waals surface area contributed by atoms with Gasteiger partial charge in [-0.3, -0.25) is 9.59 Å². The molecule has 0 aromatic heterocycles. The third-order valence-electron chi connectivity index (χ3n) is 4.76. The molecule has 1 aliphatic rings. The number of benzene rings is 2. The average molecular weight is 411 g/mol. The summed E-state index contributed by atoms with van der Waals surface area (Å²) in [4.78, 5) is 26.6. The predicted molar refractivity (Wildman–Crippen MR) is 101 cm³/mol. The summed E-state index contributed by atoms with van der Waals surface area (Å²) >= 11 is 5.93. The summed E-state index contributed by atoms with van der Waals surface area (Å²) in [5.74, 6) is -1.42. The molecular weight excluding hydrogens is 393 g/mol. The summed E-state index contributed by atoms with van der Waals surface area (Å²) in [6.45, 7) is 3.92. The molecule has 0 radical (unpaired) electrons. The van der Waals surface area contributed by atoms with Gasteiger partial charge in [-0.25, -0.2) is 0 Å². The van der Waals surface area contributed by atoms with Crippen LogP contribution in [0.25, 0.3) is 0 Å². The van der Waals surface area contributed by atoms with Gasteiger partial charge < -0.3 is 10.2 Å². The molecule has 1 fully saturated rings. The Hall–Kier alpha value is -2.54. The zero-order chi connectivity index (χ0) is 20.6. The summed E-state index contributed by atoms with van der Waals surface area (Å²) in [5.41, 5.74) is 1.55. The smallest absolute Gasteiger partial charge is 0.324 e. The molecule has 1 N–H and O–H groups in total. The van der Waals surface area contributed by atoms with Crippen LogP contribution in [0.15, 0.2) is 36.4 Å². The minimum Gasteiger partial charge on any atom is -0.324 e. The summed E-state index contributed by atoms with van der Waals surface area (Å²) in [5, 5.41) is 2.43. The number of para-hydroxylation sites is 1. The van der Waals surface area contributed by atoms with Crippen molar-refractivity contribution in [3.05, 3.63) is 58.1 Å². The summed E-state index contributed by atoms with van der Waals surface area (Å²) in [6, 6.07) is 8.37. The van der Waals surface area contributed by atoms with Gasteiger partial charge in [0.25, 0.3) is 0 Å². The van der Waals surface area contributed by atoms with Crippen LogP contribution in [-0.2, 0) is 15.8 Å². The van der Waals surface area contributed by atoms with Crippen LogP contribution in [0, 0.1) is 19.8 Å². The van der Waals surface area contributed by atoms with Crippen molar-refractivity contribution in [3.8, 4) is 0 Å². The van der Waals surface area contributed by atoms with Gasteiger partial charge in [0.15, 0.2) is 0 Å². The molecule has 2 aromatic rings. The number of hydrogen-bond acceptors (Lipinski definition) is 2. The van der Waals surface area contributed by atoms with Crippen molar-refractivity contribution >= 4 is 34.8 Å². The van der Waals surface area contributed by atoms with E-state index in [2.05, 4.69) is 5.32 Å². The van der Waals surface area contributed by atoms with E-state index in [4.69, 9.17) is 11.6 Å². The Bertz CT molecular complexity index is 923. The second kappa shape index (κ2) is 7.47. The highest BCUT2D eigenvalue weighted by atomic mass is 35.5. The number of nitrogens with one attached hydrogen (secondary N) is 1. The van der Waals surface area contributed by atoms with Gasteiger partial charge >= 0.3 is 6.18 Å². The highest BCUT2D eigenvalue weighted by molar-refractivity contribution is 6.33. The van der Waals surface area contributed by atoms with Gasteiger partial charge in [-0.2, -0.15) is 13.2 Å². The van der Waals surface area contributed by atoms with E-state index < -0.39 is 23.6 Å². The molecular formula is C20H18ClF3N2O2. The van der Waals surface area contributed by atoms with Crippen LogP contribution in [-0.4, -0.2) is 18.4 Å². The Morgan fingerprint density at radius 1 is 1.18 bits per heavy atom. The van der Waals surface area contributed by atoms with Crippen LogP contribution in [0.5, 0.6) is 0 Å². The van der Waals surface area contributed by atoms with E-state index in [0.29, 0.717) is 0 Å². The lowest BCUT2D eigenvalue weighted by molar-refractivity contribution is -0.137. The molecule has 4 nitrogen and oxygen atoms in total. The van der Waals surface area contributed by atoms with Crippen LogP contribution in [0.1, 0.15) is 23.1 Å². The summed E-state index contributed by atoms with van der Waals surface area (Å²) in [7, 11) is 0. The van der Waals surface area contributed by atoms with Crippen molar-refractivity contribution in [3.63, 3.8) is 0 Å². The molecule has 0 spiro atoms. The second-order valence-corrected chi connectivity index (χ2v) is 7.23. The third kappa shape index (κ3) is 3.99. The van der Waals surface area contributed by atoms with Crippen molar-refractivity contribution < 1.29 is 22.8 Å². The van der Waals surface area contributed by atoms with Crippen molar-refractivity contribution in [1.82, 2.24) is 0 Å². The Morgan fingerprint density at radius 3 is 2.43 bits per heavy atom. The largest absolute Gasteiger partial charge is 0.416 e. The molecule has 1 atom stereocenters. The van der Waals surface area contributed by atoms with E-state index in [1.165, 1.54) is 0 Å². The molecule has 0 bridgehead atoms. The van der Waals surface area contributed by atoms with E-state index >= 15 is 0 Å². The number of anilines is 2. The molecule has 0 saturated carbocycles. The van der Waals surface area contributed by atoms with Gasteiger partial charge in [0.2, 0.25) is 11.8 Å². The normalized spacial score (nSPS) is 17.1. The zero-order valence-electron chi connectivity index (χ0n) is 15.2. The van der Waals surface area contributed by atoms with E-state index in [1.54, 1.807) is 4.90 Å². The van der Waals surface area contributed by atoms with Crippen LogP contribution in [0.4, 0.5) is 24.5 Å². The van der Waals surface area contributed by atoms with Crippen molar-refractivity contribution in [2.24, 2.45) is 5.92 Å². The maximum absolute atomic E-state index is 12.9. The number of carbonyl (C=O) groups is 2. The average Bonchev–Trinajstić information content (AvgIpc) is 2.97. The first-order valence-corrected chi connectivity index (χ1v) is 9.00. The van der Waals surface area contributed by atoms with E-state index in [0.717, 1.165) is 35.0 Å². The Morgan fingerprint density at radius 2 is 1.82 bits per heavy atom. The van der Waals surface area contributed by atoms with Crippen LogP contribution >= 0.6 is 11.6 Å². The maximum atomic E-state index is 12.9. The van der Waals surface area contributed by atoms with Crippen molar-refractivity contribution in [1.29, 1.82) is 0 Å². The number of halogens is 4. The quantitative estimate of drug-likeness (QED) is 0.776. The van der Waals surface area contributed by atoms with Crippen molar-refractivity contribution in [2.75, 3.05) is 16.8 Å². The first kappa shape index (κ1) is 20.2. The highest BCUT2D eigenvalue weighted by Crippen LogP contribution is 2.35. The number of alkyl halides is 3. The van der Waals surface area contributed by atoms with Gasteiger partial charge in [0, 0.05) is 18.7 Å². The Labute approximate surface area is 165 Å². The number of nitrogens with zero attached hydrogens (tertiary/aromatic N) is 1. The monoisotopic (exact) mass is 410 g/mol. The first-order chi connectivity index (χ1) is 13.1. The second-order valence-electron chi connectivity index (χ2n) is 6.83. The van der Waals surface area contributed by atoms with Crippen LogP contribution < -0.4 is 10.2 Å². The summed E-state index contributed by atoms with van der Waals surface area (Å²) < 4.78 is 38.7. The van der Waals surface area contributed by atoms with Gasteiger partial charge in [-0.05, 0) is 43.2 Å². The first-order valence-electron chi connectivity index (χ1n) is 8.62. The molecule has 1 heterocycles. The Kier molecular flexibility index (Phi) is 5.39. The van der Waals surface area contributed by atoms with Crippen molar-refractivity contribution in [2.45, 2.75) is 26.4 Å². The van der Waals surface area contributed by atoms with Gasteiger partial charge in [-0.1, -0.05) is 29.8 Å². The molecule has 1 saturated heterocycles. The lowest BCUT2D eigenvalue weighted by Crippen LogP contribution is -2.29. The number of rotatable bonds is 3. The van der Waals surface area contributed by atoms with E-state index in [9.17, 15) is 22.8 Å². The highest BCUT2D eigenvalue weighted by Gasteiger charge is 2.37. The zero-order valence-corrected chi connectivity index (χ0v) is 16.0. The molecule has 1 aliphatic heterocycles. The van der Waals surface area contributed by atoms with E-state index in [-0.39, 0.29) is 29.6 Å². The maximum Gasteiger partial charge on any atom is 0.416 e. The van der Waals surface area contributed by atoms with Crippen LogP contribution in [0.3, 0.4) is 0 Å². The topological polar surface area (TPSA) is 49.4 Å². The molecule has 8 heteroatoms. The van der Waals surface area contributed by atoms with Crippen LogP contribution in [0.2, 0.25) is 5.02 Å². The third-order valence-corrected chi connectivity index (χ3v) is 5.09. The standard InChI is InChI=1S/C20H18ClF3N2O2/c1-11-4-3-5-12(2)18(11)26-10-13(8-17(26)27)19(28)25-16-9-14(20(22,23)24)6-7-15(16)21/h3-7,9,13H,8,10H2,1-2H3,(H,25,28)/t13-/m1/s1. The lowest BCUT2D eigenvalue weighted by Gasteiger charge is -2.21. The number of hydrogen-bond donors (Lipinski definition) is 1. The van der Waals surface area contributed by atoms with Gasteiger partial charge in [-0.15, -0.1) is 0 Å². The molecule has 2 amide bonds. The fourth-order valence-corrected chi connectivity index (χ4v) is 3.53. The molecule has 0 unspecified atom stereocenters. The molecule has 0 aliphatic carbocycles. The summed E-state index contributed by atoms with van der Waals surface area (Å²) in [6.07, 6.45) is -4.57. The van der Waals surface area contributed by atoms with Gasteiger partial charge in [0.05, 0.1) is 22.2 Å². The minimum atomic E-state index is -4.55. The predicted octanol–water partition coefficient (Wildman–Crippen LogP) is 4.97. The molecule has 148 valence electrons. The fraction of sp³-hybridized carbons (Fsp3) is 0.300. The molecule has 28 heavy (non-hydrogen) atoms. The van der Waals surface area contributed by atoms with E-state index in [1.807, 2.05) is 32.0 Å². The minimum absolute atomic E-state index is 0.00252.